The van der Waals surface area contributed by atoms with Crippen molar-refractivity contribution in [1.29, 1.82) is 0 Å². The van der Waals surface area contributed by atoms with Gasteiger partial charge in [0, 0.05) is 19.2 Å². The molecule has 0 bridgehead atoms. The van der Waals surface area contributed by atoms with Crippen molar-refractivity contribution < 1.29 is 4.79 Å². The summed E-state index contributed by atoms with van der Waals surface area (Å²) in [6.07, 6.45) is 1.20. The molecule has 0 saturated heterocycles. The van der Waals surface area contributed by atoms with E-state index in [-0.39, 0.29) is 11.1 Å². The van der Waals surface area contributed by atoms with Gasteiger partial charge < -0.3 is 10.3 Å². The summed E-state index contributed by atoms with van der Waals surface area (Å²) in [7, 11) is 1.80. The van der Waals surface area contributed by atoms with Crippen LogP contribution in [0, 0.1) is 11.8 Å². The number of pyridine rings is 1. The summed E-state index contributed by atoms with van der Waals surface area (Å²) in [4.78, 5) is 17.9. The van der Waals surface area contributed by atoms with Crippen LogP contribution in [0.15, 0.2) is 12.1 Å². The molecule has 1 fully saturated rings. The van der Waals surface area contributed by atoms with Gasteiger partial charge in [-0.3, -0.25) is 4.79 Å². The van der Waals surface area contributed by atoms with E-state index >= 15 is 0 Å². The number of nitrogens with zero attached hydrogens (tertiary/aromatic N) is 2. The highest BCUT2D eigenvalue weighted by Gasteiger charge is 2.34. The largest absolute Gasteiger partial charge is 0.341 e. The predicted molar refractivity (Wildman–Crippen MR) is 71.3 cm³/mol. The molecule has 0 aliphatic heterocycles. The average molecular weight is 269 g/mol. The predicted octanol–water partition coefficient (Wildman–Crippen LogP) is 1.75. The number of amides is 1. The zero-order valence-electron chi connectivity index (χ0n) is 10.5. The number of aromatic nitrogens is 1. The Morgan fingerprint density at radius 1 is 1.67 bits per heavy atom. The minimum atomic E-state index is -0.0603. The number of hydrazine groups is 1. The van der Waals surface area contributed by atoms with Gasteiger partial charge in [0.1, 0.15) is 11.0 Å². The molecule has 18 heavy (non-hydrogen) atoms. The second-order valence-corrected chi connectivity index (χ2v) is 5.25. The molecule has 0 aromatic carbocycles. The molecule has 0 spiro atoms. The van der Waals surface area contributed by atoms with Crippen molar-refractivity contribution >= 4 is 23.3 Å². The van der Waals surface area contributed by atoms with Gasteiger partial charge in [-0.15, -0.1) is 0 Å². The number of rotatable bonds is 4. The number of nitrogens with one attached hydrogen (secondary N) is 1. The maximum absolute atomic E-state index is 12.2. The summed E-state index contributed by atoms with van der Waals surface area (Å²) in [5, 5.41) is 0.252. The third kappa shape index (κ3) is 2.91. The highest BCUT2D eigenvalue weighted by Crippen LogP contribution is 2.38. The minimum absolute atomic E-state index is 0.0603. The molecule has 2 atom stereocenters. The first kappa shape index (κ1) is 13.1. The molecule has 0 radical (unpaired) electrons. The van der Waals surface area contributed by atoms with Gasteiger partial charge in [0.05, 0.1) is 0 Å². The normalized spacial score (nSPS) is 21.6. The summed E-state index contributed by atoms with van der Waals surface area (Å²) in [6.45, 7) is 2.98. The van der Waals surface area contributed by atoms with E-state index < -0.39 is 0 Å². The Morgan fingerprint density at radius 3 is 2.89 bits per heavy atom. The fraction of sp³-hybridized carbons (Fsp3) is 0.500. The molecule has 1 aliphatic rings. The van der Waals surface area contributed by atoms with Crippen LogP contribution < -0.4 is 11.3 Å². The quantitative estimate of drug-likeness (QED) is 0.496. The van der Waals surface area contributed by atoms with E-state index in [1.165, 1.54) is 6.42 Å². The third-order valence-corrected chi connectivity index (χ3v) is 3.51. The standard InChI is InChI=1S/C12H17ClN4O/c1-7-3-9(7)6-17(2)12(18)8-4-10(13)15-11(5-8)16-14/h4-5,7,9H,3,6,14H2,1-2H3,(H,15,16). The molecule has 1 aliphatic carbocycles. The topological polar surface area (TPSA) is 71.2 Å². The van der Waals surface area contributed by atoms with Gasteiger partial charge in [-0.25, -0.2) is 10.8 Å². The van der Waals surface area contributed by atoms with Crippen LogP contribution in [-0.4, -0.2) is 29.4 Å². The molecule has 1 heterocycles. The lowest BCUT2D eigenvalue weighted by atomic mass is 10.2. The first-order valence-corrected chi connectivity index (χ1v) is 6.28. The van der Waals surface area contributed by atoms with Gasteiger partial charge in [-0.1, -0.05) is 18.5 Å². The van der Waals surface area contributed by atoms with Crippen molar-refractivity contribution in [1.82, 2.24) is 9.88 Å². The molecule has 1 amide bonds. The number of anilines is 1. The fourth-order valence-electron chi connectivity index (χ4n) is 2.00. The first-order valence-electron chi connectivity index (χ1n) is 5.91. The molecule has 2 unspecified atom stereocenters. The Labute approximate surface area is 111 Å². The van der Waals surface area contributed by atoms with Crippen LogP contribution in [0.25, 0.3) is 0 Å². The van der Waals surface area contributed by atoms with E-state index in [1.54, 1.807) is 24.1 Å². The lowest BCUT2D eigenvalue weighted by Gasteiger charge is -2.17. The fourth-order valence-corrected chi connectivity index (χ4v) is 2.21. The third-order valence-electron chi connectivity index (χ3n) is 3.32. The van der Waals surface area contributed by atoms with Crippen molar-refractivity contribution in [3.05, 3.63) is 22.8 Å². The summed E-state index contributed by atoms with van der Waals surface area (Å²) in [5.74, 6) is 6.96. The minimum Gasteiger partial charge on any atom is -0.341 e. The second-order valence-electron chi connectivity index (χ2n) is 4.87. The zero-order valence-corrected chi connectivity index (χ0v) is 11.2. The second kappa shape index (κ2) is 5.12. The number of hydrogen-bond donors (Lipinski definition) is 2. The number of hydrogen-bond acceptors (Lipinski definition) is 4. The van der Waals surface area contributed by atoms with Crippen LogP contribution in [0.4, 0.5) is 5.82 Å². The molecule has 1 aromatic heterocycles. The van der Waals surface area contributed by atoms with E-state index in [9.17, 15) is 4.79 Å². The number of nitrogen functional groups attached to an aromatic ring is 1. The number of halogens is 1. The van der Waals surface area contributed by atoms with Crippen molar-refractivity contribution in [2.24, 2.45) is 17.7 Å². The number of carbonyl (C=O) groups is 1. The monoisotopic (exact) mass is 268 g/mol. The van der Waals surface area contributed by atoms with Gasteiger partial charge in [-0.2, -0.15) is 0 Å². The van der Waals surface area contributed by atoms with Gasteiger partial charge in [0.15, 0.2) is 0 Å². The van der Waals surface area contributed by atoms with Crippen molar-refractivity contribution in [3.63, 3.8) is 0 Å². The Morgan fingerprint density at radius 2 is 2.33 bits per heavy atom. The van der Waals surface area contributed by atoms with E-state index in [1.807, 2.05) is 0 Å². The molecule has 5 nitrogen and oxygen atoms in total. The van der Waals surface area contributed by atoms with Crippen molar-refractivity contribution in [3.8, 4) is 0 Å². The first-order chi connectivity index (χ1) is 8.51. The average Bonchev–Trinajstić information content (AvgIpc) is 3.02. The van der Waals surface area contributed by atoms with E-state index in [4.69, 9.17) is 17.4 Å². The van der Waals surface area contributed by atoms with Gasteiger partial charge in [-0.05, 0) is 30.4 Å². The molecule has 2 rings (SSSR count). The maximum atomic E-state index is 12.2. The molecule has 3 N–H and O–H groups in total. The summed E-state index contributed by atoms with van der Waals surface area (Å²) in [5.41, 5.74) is 2.89. The number of carbonyl (C=O) groups excluding carboxylic acids is 1. The van der Waals surface area contributed by atoms with Crippen LogP contribution in [0.3, 0.4) is 0 Å². The highest BCUT2D eigenvalue weighted by atomic mass is 35.5. The lowest BCUT2D eigenvalue weighted by Crippen LogP contribution is -2.29. The molecule has 1 aromatic rings. The Kier molecular flexibility index (Phi) is 3.73. The molecule has 1 saturated carbocycles. The molecular formula is C12H17ClN4O. The van der Waals surface area contributed by atoms with Crippen molar-refractivity contribution in [2.75, 3.05) is 19.0 Å². The summed E-state index contributed by atoms with van der Waals surface area (Å²) in [6, 6.07) is 3.15. The SMILES string of the molecule is CC1CC1CN(C)C(=O)c1cc(Cl)nc(NN)c1. The molecular weight excluding hydrogens is 252 g/mol. The summed E-state index contributed by atoms with van der Waals surface area (Å²) >= 11 is 5.84. The molecule has 98 valence electrons. The smallest absolute Gasteiger partial charge is 0.253 e. The van der Waals surface area contributed by atoms with Gasteiger partial charge >= 0.3 is 0 Å². The Bertz CT molecular complexity index is 465. The van der Waals surface area contributed by atoms with Crippen molar-refractivity contribution in [2.45, 2.75) is 13.3 Å². The Hall–Kier alpha value is -1.33. The van der Waals surface area contributed by atoms with Crippen LogP contribution >= 0.6 is 11.6 Å². The van der Waals surface area contributed by atoms with Gasteiger partial charge in [0.25, 0.3) is 5.91 Å². The van der Waals surface area contributed by atoms with E-state index in [0.29, 0.717) is 17.3 Å². The molecule has 6 heteroatoms. The maximum Gasteiger partial charge on any atom is 0.253 e. The summed E-state index contributed by atoms with van der Waals surface area (Å²) < 4.78 is 0. The number of nitrogens with two attached hydrogens (primary N) is 1. The van der Waals surface area contributed by atoms with Crippen LogP contribution in [0.5, 0.6) is 0 Å². The lowest BCUT2D eigenvalue weighted by molar-refractivity contribution is 0.0787. The van der Waals surface area contributed by atoms with Crippen LogP contribution in [-0.2, 0) is 0 Å². The zero-order chi connectivity index (χ0) is 13.3. The Balaban J connectivity index is 2.09. The van der Waals surface area contributed by atoms with E-state index in [0.717, 1.165) is 12.5 Å². The van der Waals surface area contributed by atoms with Crippen LogP contribution in [0.2, 0.25) is 5.15 Å². The highest BCUT2D eigenvalue weighted by molar-refractivity contribution is 6.29. The van der Waals surface area contributed by atoms with Gasteiger partial charge in [0.2, 0.25) is 0 Å². The van der Waals surface area contributed by atoms with E-state index in [2.05, 4.69) is 17.3 Å². The van der Waals surface area contributed by atoms with Crippen LogP contribution in [0.1, 0.15) is 23.7 Å².